The topological polar surface area (TPSA) is 57.5 Å². The van der Waals surface area contributed by atoms with Gasteiger partial charge in [0.1, 0.15) is 12.4 Å². The molecule has 0 aliphatic carbocycles. The van der Waals surface area contributed by atoms with Gasteiger partial charge in [-0.25, -0.2) is 0 Å². The minimum atomic E-state index is -0.486. The number of benzene rings is 1. The van der Waals surface area contributed by atoms with Crippen LogP contribution in [0.2, 0.25) is 0 Å². The van der Waals surface area contributed by atoms with Crippen LogP contribution in [0.5, 0.6) is 5.75 Å². The van der Waals surface area contributed by atoms with Gasteiger partial charge in [-0.05, 0) is 36.6 Å². The zero-order valence-electron chi connectivity index (χ0n) is 10.3. The second kappa shape index (κ2) is 7.07. The fraction of sp³-hybridized carbons (Fsp3) is 0.500. The van der Waals surface area contributed by atoms with E-state index < -0.39 is 6.61 Å². The van der Waals surface area contributed by atoms with E-state index in [1.54, 1.807) is 12.1 Å². The number of unbranched alkanes of at least 4 members (excludes halogenated alkanes) is 3. The summed E-state index contributed by atoms with van der Waals surface area (Å²) in [4.78, 5) is 11.3. The van der Waals surface area contributed by atoms with Crippen LogP contribution in [0.4, 0.5) is 0 Å². The molecular formula is C14H20O3. The molecule has 0 heterocycles. The third-order valence-corrected chi connectivity index (χ3v) is 2.84. The first-order valence-electron chi connectivity index (χ1n) is 6.15. The molecule has 0 aromatic heterocycles. The standard InChI is InChI=1S/C14H20O3/c1-2-3-4-5-6-11-9-12(14(17)10-15)7-8-13(11)16/h7-9,15-16H,2-6,10H2,1H3. The van der Waals surface area contributed by atoms with Gasteiger partial charge in [0.2, 0.25) is 0 Å². The van der Waals surface area contributed by atoms with Crippen molar-refractivity contribution in [3.8, 4) is 5.75 Å². The summed E-state index contributed by atoms with van der Waals surface area (Å²) in [5, 5.41) is 18.5. The van der Waals surface area contributed by atoms with Crippen LogP contribution in [-0.4, -0.2) is 22.6 Å². The Labute approximate surface area is 102 Å². The fourth-order valence-corrected chi connectivity index (χ4v) is 1.79. The number of hydrogen-bond acceptors (Lipinski definition) is 3. The van der Waals surface area contributed by atoms with Crippen LogP contribution in [-0.2, 0) is 6.42 Å². The Hall–Kier alpha value is -1.35. The number of carbonyl (C=O) groups is 1. The highest BCUT2D eigenvalue weighted by Gasteiger charge is 2.08. The molecule has 0 atom stereocenters. The van der Waals surface area contributed by atoms with E-state index in [0.29, 0.717) is 5.56 Å². The van der Waals surface area contributed by atoms with Gasteiger partial charge < -0.3 is 10.2 Å². The first-order chi connectivity index (χ1) is 8.19. The number of aliphatic hydroxyl groups is 1. The van der Waals surface area contributed by atoms with E-state index in [0.717, 1.165) is 24.8 Å². The molecule has 0 unspecified atom stereocenters. The molecule has 0 fully saturated rings. The normalized spacial score (nSPS) is 10.5. The van der Waals surface area contributed by atoms with Crippen molar-refractivity contribution >= 4 is 5.78 Å². The van der Waals surface area contributed by atoms with E-state index >= 15 is 0 Å². The van der Waals surface area contributed by atoms with Gasteiger partial charge in [-0.15, -0.1) is 0 Å². The summed E-state index contributed by atoms with van der Waals surface area (Å²) in [5.74, 6) is -0.0733. The maximum absolute atomic E-state index is 11.3. The van der Waals surface area contributed by atoms with Crippen molar-refractivity contribution in [1.29, 1.82) is 0 Å². The van der Waals surface area contributed by atoms with E-state index in [2.05, 4.69) is 6.92 Å². The van der Waals surface area contributed by atoms with Gasteiger partial charge in [0.15, 0.2) is 5.78 Å². The molecule has 0 saturated carbocycles. The average Bonchev–Trinajstić information content (AvgIpc) is 2.35. The Kier molecular flexibility index (Phi) is 5.70. The monoisotopic (exact) mass is 236 g/mol. The molecule has 0 saturated heterocycles. The van der Waals surface area contributed by atoms with Gasteiger partial charge in [-0.2, -0.15) is 0 Å². The number of aliphatic hydroxyl groups excluding tert-OH is 1. The van der Waals surface area contributed by atoms with Crippen LogP contribution >= 0.6 is 0 Å². The molecule has 0 spiro atoms. The van der Waals surface area contributed by atoms with Gasteiger partial charge in [0, 0.05) is 5.56 Å². The van der Waals surface area contributed by atoms with Crippen molar-refractivity contribution in [2.75, 3.05) is 6.61 Å². The Morgan fingerprint density at radius 1 is 1.24 bits per heavy atom. The molecule has 0 bridgehead atoms. The van der Waals surface area contributed by atoms with Crippen molar-refractivity contribution in [3.63, 3.8) is 0 Å². The minimum absolute atomic E-state index is 0.232. The summed E-state index contributed by atoms with van der Waals surface area (Å²) in [6.45, 7) is 1.66. The summed E-state index contributed by atoms with van der Waals surface area (Å²) in [6, 6.07) is 4.75. The Balaban J connectivity index is 2.66. The molecule has 1 rings (SSSR count). The quantitative estimate of drug-likeness (QED) is 0.565. The zero-order valence-corrected chi connectivity index (χ0v) is 10.3. The van der Waals surface area contributed by atoms with Crippen molar-refractivity contribution in [1.82, 2.24) is 0 Å². The van der Waals surface area contributed by atoms with E-state index in [9.17, 15) is 9.90 Å². The lowest BCUT2D eigenvalue weighted by atomic mass is 10.0. The number of hydrogen-bond donors (Lipinski definition) is 2. The summed E-state index contributed by atoms with van der Waals surface area (Å²) < 4.78 is 0. The smallest absolute Gasteiger partial charge is 0.188 e. The maximum Gasteiger partial charge on any atom is 0.188 e. The highest BCUT2D eigenvalue weighted by Crippen LogP contribution is 2.21. The number of carbonyl (C=O) groups excluding carboxylic acids is 1. The molecule has 3 nitrogen and oxygen atoms in total. The lowest BCUT2D eigenvalue weighted by molar-refractivity contribution is 0.0903. The van der Waals surface area contributed by atoms with Gasteiger partial charge in [-0.1, -0.05) is 26.2 Å². The number of phenolic OH excluding ortho intramolecular Hbond substituents is 1. The molecule has 1 aromatic rings. The largest absolute Gasteiger partial charge is 0.508 e. The molecule has 17 heavy (non-hydrogen) atoms. The maximum atomic E-state index is 11.3. The third kappa shape index (κ3) is 4.19. The molecule has 0 aliphatic rings. The van der Waals surface area contributed by atoms with Gasteiger partial charge in [0.25, 0.3) is 0 Å². The van der Waals surface area contributed by atoms with Crippen molar-refractivity contribution in [2.45, 2.75) is 39.0 Å². The highest BCUT2D eigenvalue weighted by atomic mass is 16.3. The first kappa shape index (κ1) is 13.7. The fourth-order valence-electron chi connectivity index (χ4n) is 1.79. The van der Waals surface area contributed by atoms with Gasteiger partial charge in [0.05, 0.1) is 0 Å². The van der Waals surface area contributed by atoms with Crippen molar-refractivity contribution in [2.24, 2.45) is 0 Å². The lowest BCUT2D eigenvalue weighted by Gasteiger charge is -2.06. The van der Waals surface area contributed by atoms with Crippen LogP contribution in [0.15, 0.2) is 18.2 Å². The molecule has 0 aliphatic heterocycles. The van der Waals surface area contributed by atoms with E-state index in [1.165, 1.54) is 18.9 Å². The number of ketones is 1. The SMILES string of the molecule is CCCCCCc1cc(C(=O)CO)ccc1O. The summed E-state index contributed by atoms with van der Waals surface area (Å²) in [6.07, 6.45) is 5.29. The van der Waals surface area contributed by atoms with Gasteiger partial charge in [-0.3, -0.25) is 4.79 Å². The Bertz CT molecular complexity index is 372. The predicted octanol–water partition coefficient (Wildman–Crippen LogP) is 2.69. The summed E-state index contributed by atoms with van der Waals surface area (Å²) in [5.41, 5.74) is 1.26. The molecule has 3 heteroatoms. The average molecular weight is 236 g/mol. The Morgan fingerprint density at radius 3 is 2.65 bits per heavy atom. The number of phenols is 1. The molecule has 94 valence electrons. The van der Waals surface area contributed by atoms with Gasteiger partial charge >= 0.3 is 0 Å². The number of Topliss-reactive ketones (excluding diaryl/α,β-unsaturated/α-hetero) is 1. The number of rotatable bonds is 7. The third-order valence-electron chi connectivity index (χ3n) is 2.84. The van der Waals surface area contributed by atoms with Crippen LogP contribution in [0, 0.1) is 0 Å². The first-order valence-corrected chi connectivity index (χ1v) is 6.15. The van der Waals surface area contributed by atoms with Crippen LogP contribution in [0.3, 0.4) is 0 Å². The van der Waals surface area contributed by atoms with E-state index in [4.69, 9.17) is 5.11 Å². The van der Waals surface area contributed by atoms with Crippen LogP contribution < -0.4 is 0 Å². The Morgan fingerprint density at radius 2 is 2.00 bits per heavy atom. The number of aromatic hydroxyl groups is 1. The van der Waals surface area contributed by atoms with E-state index in [1.807, 2.05) is 0 Å². The second-order valence-electron chi connectivity index (χ2n) is 4.24. The minimum Gasteiger partial charge on any atom is -0.508 e. The molecule has 1 aromatic carbocycles. The lowest BCUT2D eigenvalue weighted by Crippen LogP contribution is -2.04. The van der Waals surface area contributed by atoms with Crippen LogP contribution in [0.25, 0.3) is 0 Å². The highest BCUT2D eigenvalue weighted by molar-refractivity contribution is 5.97. The van der Waals surface area contributed by atoms with Crippen molar-refractivity contribution in [3.05, 3.63) is 29.3 Å². The molecular weight excluding hydrogens is 216 g/mol. The van der Waals surface area contributed by atoms with Crippen molar-refractivity contribution < 1.29 is 15.0 Å². The summed E-state index contributed by atoms with van der Waals surface area (Å²) >= 11 is 0. The summed E-state index contributed by atoms with van der Waals surface area (Å²) in [7, 11) is 0. The molecule has 0 radical (unpaired) electrons. The zero-order chi connectivity index (χ0) is 12.7. The van der Waals surface area contributed by atoms with Crippen LogP contribution in [0.1, 0.15) is 48.5 Å². The molecule has 2 N–H and O–H groups in total. The molecule has 0 amide bonds. The second-order valence-corrected chi connectivity index (χ2v) is 4.24. The predicted molar refractivity (Wildman–Crippen MR) is 67.4 cm³/mol. The van der Waals surface area contributed by atoms with E-state index in [-0.39, 0.29) is 11.5 Å². The number of aryl methyl sites for hydroxylation is 1.